The van der Waals surface area contributed by atoms with Crippen molar-refractivity contribution in [1.29, 1.82) is 0 Å². The van der Waals surface area contributed by atoms with E-state index >= 15 is 0 Å². The summed E-state index contributed by atoms with van der Waals surface area (Å²) < 4.78 is 10.3. The van der Waals surface area contributed by atoms with E-state index in [0.29, 0.717) is 6.42 Å². The minimum atomic E-state index is -0.978. The number of nitrogens with two attached hydrogens (primary N) is 1. The number of benzene rings is 1. The van der Waals surface area contributed by atoms with E-state index in [4.69, 9.17) is 15.2 Å². The highest BCUT2D eigenvalue weighted by Gasteiger charge is 2.27. The Morgan fingerprint density at radius 1 is 1.07 bits per heavy atom. The van der Waals surface area contributed by atoms with Gasteiger partial charge in [0.25, 0.3) is 0 Å². The molecule has 4 N–H and O–H groups in total. The lowest BCUT2D eigenvalue weighted by Crippen LogP contribution is -2.55. The Labute approximate surface area is 166 Å². The van der Waals surface area contributed by atoms with Crippen LogP contribution in [-0.2, 0) is 30.3 Å². The number of carbonyl (C=O) groups is 3. The summed E-state index contributed by atoms with van der Waals surface area (Å²) in [5.74, 6) is -1.61. The highest BCUT2D eigenvalue weighted by molar-refractivity contribution is 5.91. The van der Waals surface area contributed by atoms with Gasteiger partial charge in [0.05, 0.1) is 25.4 Å². The van der Waals surface area contributed by atoms with Gasteiger partial charge in [-0.2, -0.15) is 0 Å². The van der Waals surface area contributed by atoms with Crippen LogP contribution < -0.4 is 16.4 Å². The minimum Gasteiger partial charge on any atom is -0.467 e. The fraction of sp³-hybridized carbons (Fsp3) is 0.550. The van der Waals surface area contributed by atoms with Gasteiger partial charge in [-0.05, 0) is 39.7 Å². The Morgan fingerprint density at radius 2 is 1.68 bits per heavy atom. The first-order valence-corrected chi connectivity index (χ1v) is 9.15. The fourth-order valence-corrected chi connectivity index (χ4v) is 2.29. The summed E-state index contributed by atoms with van der Waals surface area (Å²) in [5.41, 5.74) is 6.36. The number of esters is 1. The van der Waals surface area contributed by atoms with Gasteiger partial charge >= 0.3 is 5.97 Å². The molecule has 3 atom stereocenters. The summed E-state index contributed by atoms with van der Waals surface area (Å²) in [6.07, 6.45) is 0.352. The highest BCUT2D eigenvalue weighted by atomic mass is 16.5. The van der Waals surface area contributed by atoms with Gasteiger partial charge in [0.15, 0.2) is 6.04 Å². The Hall–Kier alpha value is -2.45. The second-order valence-corrected chi connectivity index (χ2v) is 7.53. The Balaban J connectivity index is 2.60. The van der Waals surface area contributed by atoms with Crippen molar-refractivity contribution in [2.45, 2.75) is 57.8 Å². The van der Waals surface area contributed by atoms with E-state index < -0.39 is 41.5 Å². The van der Waals surface area contributed by atoms with Gasteiger partial charge < -0.3 is 25.8 Å². The third-order valence-corrected chi connectivity index (χ3v) is 3.87. The molecular weight excluding hydrogens is 362 g/mol. The Bertz CT molecular complexity index is 658. The van der Waals surface area contributed by atoms with E-state index in [9.17, 15) is 14.4 Å². The Kier molecular flexibility index (Phi) is 9.08. The van der Waals surface area contributed by atoms with Crippen molar-refractivity contribution in [3.8, 4) is 0 Å². The van der Waals surface area contributed by atoms with Crippen molar-refractivity contribution in [3.05, 3.63) is 35.9 Å². The molecular formula is C20H31N3O5. The average Bonchev–Trinajstić information content (AvgIpc) is 2.64. The molecule has 0 unspecified atom stereocenters. The number of hydrogen-bond acceptors (Lipinski definition) is 6. The second kappa shape index (κ2) is 10.8. The molecule has 0 heterocycles. The zero-order chi connectivity index (χ0) is 21.3. The molecule has 0 bridgehead atoms. The van der Waals surface area contributed by atoms with E-state index in [0.717, 1.165) is 5.56 Å². The molecule has 0 radical (unpaired) electrons. The van der Waals surface area contributed by atoms with Crippen molar-refractivity contribution in [1.82, 2.24) is 10.6 Å². The molecule has 156 valence electrons. The molecule has 0 saturated carbocycles. The lowest BCUT2D eigenvalue weighted by molar-refractivity contribution is -0.148. The molecule has 1 aromatic carbocycles. The largest absolute Gasteiger partial charge is 0.467 e. The van der Waals surface area contributed by atoms with Crippen molar-refractivity contribution < 1.29 is 23.9 Å². The molecule has 0 fully saturated rings. The van der Waals surface area contributed by atoms with E-state index in [1.165, 1.54) is 14.0 Å². The number of carbonyl (C=O) groups excluding carboxylic acids is 3. The molecule has 0 spiro atoms. The minimum absolute atomic E-state index is 0.0455. The van der Waals surface area contributed by atoms with Crippen LogP contribution in [0.2, 0.25) is 0 Å². The fourth-order valence-electron chi connectivity index (χ4n) is 2.29. The monoisotopic (exact) mass is 393 g/mol. The molecule has 28 heavy (non-hydrogen) atoms. The normalized spacial score (nSPS) is 14.5. The van der Waals surface area contributed by atoms with Crippen LogP contribution in [0.5, 0.6) is 0 Å². The molecule has 0 aliphatic heterocycles. The van der Waals surface area contributed by atoms with Gasteiger partial charge in [0, 0.05) is 0 Å². The first-order valence-electron chi connectivity index (χ1n) is 9.15. The number of hydrogen-bond donors (Lipinski definition) is 3. The molecule has 0 aromatic heterocycles. The molecule has 1 rings (SSSR count). The Morgan fingerprint density at radius 3 is 2.21 bits per heavy atom. The number of amides is 2. The zero-order valence-corrected chi connectivity index (χ0v) is 17.2. The van der Waals surface area contributed by atoms with Crippen molar-refractivity contribution in [2.24, 2.45) is 5.73 Å². The highest BCUT2D eigenvalue weighted by Crippen LogP contribution is 2.08. The maximum atomic E-state index is 12.4. The number of ether oxygens (including phenoxy) is 2. The maximum absolute atomic E-state index is 12.4. The average molecular weight is 393 g/mol. The lowest BCUT2D eigenvalue weighted by atomic mass is 10.1. The second-order valence-electron chi connectivity index (χ2n) is 7.53. The number of rotatable bonds is 9. The van der Waals surface area contributed by atoms with E-state index in [1.807, 2.05) is 51.1 Å². The summed E-state index contributed by atoms with van der Waals surface area (Å²) in [4.78, 5) is 36.5. The van der Waals surface area contributed by atoms with Gasteiger partial charge in [0.1, 0.15) is 6.04 Å². The molecule has 1 aromatic rings. The van der Waals surface area contributed by atoms with Crippen LogP contribution in [0.25, 0.3) is 0 Å². The standard InChI is InChI=1S/C20H31N3O5/c1-13(22-18(25)15(21)11-14-9-7-6-8-10-14)17(24)23-16(19(26)27-5)12-28-20(2,3)4/h6-10,13,15-16H,11-12,21H2,1-5H3,(H,22,25)(H,23,24)/t13-,15-,16-/m0/s1. The topological polar surface area (TPSA) is 120 Å². The third kappa shape index (κ3) is 8.49. The maximum Gasteiger partial charge on any atom is 0.330 e. The van der Waals surface area contributed by atoms with Crippen LogP contribution in [0.15, 0.2) is 30.3 Å². The zero-order valence-electron chi connectivity index (χ0n) is 17.2. The van der Waals surface area contributed by atoms with Crippen molar-refractivity contribution in [3.63, 3.8) is 0 Å². The number of methoxy groups -OCH3 is 1. The lowest BCUT2D eigenvalue weighted by Gasteiger charge is -2.25. The predicted molar refractivity (Wildman–Crippen MR) is 105 cm³/mol. The molecule has 0 aliphatic rings. The van der Waals surface area contributed by atoms with Crippen LogP contribution in [0.3, 0.4) is 0 Å². The smallest absolute Gasteiger partial charge is 0.330 e. The summed E-state index contributed by atoms with van der Waals surface area (Å²) in [6.45, 7) is 6.97. The quantitative estimate of drug-likeness (QED) is 0.527. The van der Waals surface area contributed by atoms with Crippen LogP contribution in [0.4, 0.5) is 0 Å². The SMILES string of the molecule is COC(=O)[C@H](COC(C)(C)C)NC(=O)[C@H](C)NC(=O)[C@@H](N)Cc1ccccc1. The van der Waals surface area contributed by atoms with Crippen LogP contribution in [-0.4, -0.2) is 55.2 Å². The van der Waals surface area contributed by atoms with Crippen LogP contribution in [0, 0.1) is 0 Å². The summed E-state index contributed by atoms with van der Waals surface area (Å²) >= 11 is 0. The third-order valence-electron chi connectivity index (χ3n) is 3.87. The summed E-state index contributed by atoms with van der Waals surface area (Å²) in [6, 6.07) is 6.70. The predicted octanol–water partition coefficient (Wildman–Crippen LogP) is 0.534. The molecule has 8 nitrogen and oxygen atoms in total. The molecule has 2 amide bonds. The van der Waals surface area contributed by atoms with Crippen molar-refractivity contribution in [2.75, 3.05) is 13.7 Å². The van der Waals surface area contributed by atoms with Gasteiger partial charge in [-0.3, -0.25) is 9.59 Å². The summed E-state index contributed by atoms with van der Waals surface area (Å²) in [5, 5.41) is 5.11. The van der Waals surface area contributed by atoms with Gasteiger partial charge in [-0.15, -0.1) is 0 Å². The van der Waals surface area contributed by atoms with Gasteiger partial charge in [0.2, 0.25) is 11.8 Å². The first kappa shape index (κ1) is 23.6. The van der Waals surface area contributed by atoms with Crippen LogP contribution in [0.1, 0.15) is 33.3 Å². The molecule has 8 heteroatoms. The molecule has 0 saturated heterocycles. The van der Waals surface area contributed by atoms with Crippen molar-refractivity contribution >= 4 is 17.8 Å². The van der Waals surface area contributed by atoms with E-state index in [1.54, 1.807) is 0 Å². The van der Waals surface area contributed by atoms with Gasteiger partial charge in [-0.1, -0.05) is 30.3 Å². The van der Waals surface area contributed by atoms with Crippen LogP contribution >= 0.6 is 0 Å². The first-order chi connectivity index (χ1) is 13.0. The molecule has 0 aliphatic carbocycles. The van der Waals surface area contributed by atoms with Gasteiger partial charge in [-0.25, -0.2) is 4.79 Å². The summed E-state index contributed by atoms with van der Waals surface area (Å²) in [7, 11) is 1.23. The number of nitrogens with one attached hydrogen (secondary N) is 2. The van der Waals surface area contributed by atoms with E-state index in [2.05, 4.69) is 10.6 Å². The van der Waals surface area contributed by atoms with E-state index in [-0.39, 0.29) is 6.61 Å².